The van der Waals surface area contributed by atoms with Gasteiger partial charge in [0.15, 0.2) is 23.0 Å². The Morgan fingerprint density at radius 3 is 2.43 bits per heavy atom. The third-order valence-electron chi connectivity index (χ3n) is 9.42. The highest BCUT2D eigenvalue weighted by Crippen LogP contribution is 2.56. The minimum atomic E-state index is 0.00384. The van der Waals surface area contributed by atoms with E-state index in [1.807, 2.05) is 18.2 Å². The molecule has 2 atom stereocenters. The van der Waals surface area contributed by atoms with Crippen LogP contribution in [-0.4, -0.2) is 44.4 Å². The smallest absolute Gasteiger partial charge is 0.212 e. The van der Waals surface area contributed by atoms with Gasteiger partial charge in [-0.15, -0.1) is 0 Å². The van der Waals surface area contributed by atoms with Gasteiger partial charge in [0.05, 0.1) is 14.2 Å². The van der Waals surface area contributed by atoms with Crippen LogP contribution in [0.15, 0.2) is 54.6 Å². The van der Waals surface area contributed by atoms with E-state index in [4.69, 9.17) is 18.9 Å². The lowest BCUT2D eigenvalue weighted by Gasteiger charge is -2.37. The lowest BCUT2D eigenvalue weighted by Crippen LogP contribution is -2.33. The van der Waals surface area contributed by atoms with Crippen LogP contribution >= 0.6 is 0 Å². The summed E-state index contributed by atoms with van der Waals surface area (Å²) in [7, 11) is 5.55. The number of nitrogens with one attached hydrogen (secondary N) is 1. The number of hydrogen-bond donors (Lipinski definition) is 2. The number of benzene rings is 4. The van der Waals surface area contributed by atoms with Crippen molar-refractivity contribution in [3.8, 4) is 51.4 Å². The largest absolute Gasteiger partial charge is 0.507 e. The molecular formula is C35H34N2O5. The van der Waals surface area contributed by atoms with Crippen molar-refractivity contribution in [2.45, 2.75) is 37.8 Å². The van der Waals surface area contributed by atoms with Gasteiger partial charge in [-0.3, -0.25) is 4.90 Å². The highest BCUT2D eigenvalue weighted by atomic mass is 16.6. The Labute approximate surface area is 245 Å². The van der Waals surface area contributed by atoms with Crippen molar-refractivity contribution < 1.29 is 24.1 Å². The number of nitrogens with zero attached hydrogens (tertiary/aromatic N) is 1. The third kappa shape index (κ3) is 3.95. The summed E-state index contributed by atoms with van der Waals surface area (Å²) in [5.41, 5.74) is 8.80. The molecule has 0 fully saturated rings. The minimum absolute atomic E-state index is 0.00384. The number of phenolic OH excluding ortho intramolecular Hbond substituents is 1. The summed E-state index contributed by atoms with van der Waals surface area (Å²) in [6, 6.07) is 18.8. The molecule has 7 heteroatoms. The molecule has 2 unspecified atom stereocenters. The van der Waals surface area contributed by atoms with Gasteiger partial charge < -0.3 is 29.4 Å². The van der Waals surface area contributed by atoms with Gasteiger partial charge in [-0.05, 0) is 110 Å². The molecule has 0 amide bonds. The highest BCUT2D eigenvalue weighted by Gasteiger charge is 2.35. The third-order valence-corrected chi connectivity index (χ3v) is 9.42. The molecule has 2 N–H and O–H groups in total. The number of likely N-dealkylation sites (N-methyl/N-ethyl adjacent to an activating group) is 1. The first-order valence-corrected chi connectivity index (χ1v) is 14.7. The summed E-state index contributed by atoms with van der Waals surface area (Å²) < 4.78 is 25.1. The first-order chi connectivity index (χ1) is 20.5. The fourth-order valence-electron chi connectivity index (χ4n) is 7.23. The van der Waals surface area contributed by atoms with Gasteiger partial charge >= 0.3 is 0 Å². The SMILES string of the molecule is COc1ccc2cc1-c1cc(ccc1O)CC1c3cc4c(cc3CCN1C)Oc1c(OC)cc3c(c1O4)C(C2)NCC3. The minimum Gasteiger partial charge on any atom is -0.507 e. The first-order valence-electron chi connectivity index (χ1n) is 14.7. The Morgan fingerprint density at radius 1 is 0.810 bits per heavy atom. The Balaban J connectivity index is 1.39. The van der Waals surface area contributed by atoms with Crippen molar-refractivity contribution in [2.24, 2.45) is 0 Å². The summed E-state index contributed by atoms with van der Waals surface area (Å²) in [5.74, 6) is 4.53. The molecule has 4 aromatic rings. The summed E-state index contributed by atoms with van der Waals surface area (Å²) in [6.07, 6.45) is 3.34. The Hall–Kier alpha value is -4.20. The van der Waals surface area contributed by atoms with E-state index in [-0.39, 0.29) is 17.8 Å². The zero-order valence-corrected chi connectivity index (χ0v) is 24.1. The highest BCUT2D eigenvalue weighted by molar-refractivity contribution is 5.77. The van der Waals surface area contributed by atoms with E-state index in [2.05, 4.69) is 53.7 Å². The predicted octanol–water partition coefficient (Wildman–Crippen LogP) is 6.49. The monoisotopic (exact) mass is 562 g/mol. The van der Waals surface area contributed by atoms with E-state index in [1.165, 1.54) is 16.7 Å². The van der Waals surface area contributed by atoms with Crippen molar-refractivity contribution in [1.82, 2.24) is 10.2 Å². The number of aromatic hydroxyl groups is 1. The number of phenols is 1. The Morgan fingerprint density at radius 2 is 1.57 bits per heavy atom. The van der Waals surface area contributed by atoms with Crippen LogP contribution in [-0.2, 0) is 25.7 Å². The van der Waals surface area contributed by atoms with Crippen molar-refractivity contribution in [2.75, 3.05) is 34.4 Å². The molecule has 214 valence electrons. The summed E-state index contributed by atoms with van der Waals surface area (Å²) >= 11 is 0. The van der Waals surface area contributed by atoms with E-state index in [0.717, 1.165) is 89.6 Å². The van der Waals surface area contributed by atoms with Crippen LogP contribution in [0.25, 0.3) is 11.1 Å². The lowest BCUT2D eigenvalue weighted by molar-refractivity contribution is 0.227. The van der Waals surface area contributed by atoms with Crippen molar-refractivity contribution >= 4 is 0 Å². The molecule has 0 aromatic heterocycles. The molecule has 0 saturated heterocycles. The van der Waals surface area contributed by atoms with Gasteiger partial charge in [0.1, 0.15) is 11.5 Å². The number of methoxy groups -OCH3 is 2. The van der Waals surface area contributed by atoms with Gasteiger partial charge in [-0.2, -0.15) is 0 Å². The predicted molar refractivity (Wildman–Crippen MR) is 161 cm³/mol. The maximum atomic E-state index is 11.1. The van der Waals surface area contributed by atoms with Crippen LogP contribution in [0.4, 0.5) is 0 Å². The Kier molecular flexibility index (Phi) is 5.88. The van der Waals surface area contributed by atoms with Crippen LogP contribution in [0.5, 0.6) is 40.2 Å². The van der Waals surface area contributed by atoms with Crippen LogP contribution in [0.2, 0.25) is 0 Å². The standard InChI is InChI=1S/C35H34N2O5/c1-37-11-9-21-16-30-31-18-23(21)27(37)15-20-4-6-28(38)24(12-20)25-13-19(5-7-29(25)39-2)14-26-33-22(8-10-36-26)17-32(40-3)34(41-30)35(33)42-31/h4-7,12-13,16-18,26-27,36,38H,8-11,14-15H2,1-3H3. The number of rotatable bonds is 2. The summed E-state index contributed by atoms with van der Waals surface area (Å²) in [5, 5.41) is 14.8. The molecule has 0 radical (unpaired) electrons. The maximum absolute atomic E-state index is 11.1. The van der Waals surface area contributed by atoms with E-state index in [9.17, 15) is 5.11 Å². The average molecular weight is 563 g/mol. The summed E-state index contributed by atoms with van der Waals surface area (Å²) in [6.45, 7) is 1.79. The number of hydrogen-bond acceptors (Lipinski definition) is 7. The lowest BCUT2D eigenvalue weighted by atomic mass is 9.86. The summed E-state index contributed by atoms with van der Waals surface area (Å²) in [4.78, 5) is 2.41. The molecule has 0 saturated carbocycles. The number of fused-ring (bicyclic) bond motifs is 5. The topological polar surface area (TPSA) is 72.4 Å². The second-order valence-corrected chi connectivity index (χ2v) is 11.8. The average Bonchev–Trinajstić information content (AvgIpc) is 3.00. The van der Waals surface area contributed by atoms with Crippen molar-refractivity contribution in [3.05, 3.63) is 88.0 Å². The molecule has 4 aliphatic heterocycles. The van der Waals surface area contributed by atoms with E-state index < -0.39 is 0 Å². The van der Waals surface area contributed by atoms with Crippen LogP contribution in [0, 0.1) is 0 Å². The Bertz CT molecular complexity index is 1750. The molecule has 7 bridgehead atoms. The van der Waals surface area contributed by atoms with Gasteiger partial charge in [-0.25, -0.2) is 0 Å². The molecule has 4 aliphatic rings. The zero-order valence-electron chi connectivity index (χ0n) is 24.1. The number of ether oxygens (including phenoxy) is 4. The fraction of sp³-hybridized carbons (Fsp3) is 0.314. The van der Waals surface area contributed by atoms with E-state index in [1.54, 1.807) is 14.2 Å². The zero-order chi connectivity index (χ0) is 28.5. The van der Waals surface area contributed by atoms with Gasteiger partial charge in [0.25, 0.3) is 0 Å². The molecular weight excluding hydrogens is 528 g/mol. The second kappa shape index (κ2) is 9.68. The van der Waals surface area contributed by atoms with Crippen molar-refractivity contribution in [3.63, 3.8) is 0 Å². The van der Waals surface area contributed by atoms with Crippen LogP contribution < -0.4 is 24.3 Å². The van der Waals surface area contributed by atoms with Gasteiger partial charge in [-0.1, -0.05) is 12.1 Å². The van der Waals surface area contributed by atoms with E-state index in [0.29, 0.717) is 11.5 Å². The molecule has 4 aromatic carbocycles. The van der Waals surface area contributed by atoms with E-state index >= 15 is 0 Å². The van der Waals surface area contributed by atoms with Crippen molar-refractivity contribution in [1.29, 1.82) is 0 Å². The molecule has 42 heavy (non-hydrogen) atoms. The quantitative estimate of drug-likeness (QED) is 0.255. The molecule has 4 heterocycles. The first kappa shape index (κ1) is 25.5. The van der Waals surface area contributed by atoms with Crippen LogP contribution in [0.3, 0.4) is 0 Å². The van der Waals surface area contributed by atoms with Gasteiger partial charge in [0.2, 0.25) is 5.75 Å². The van der Waals surface area contributed by atoms with Gasteiger partial charge in [0, 0.05) is 35.3 Å². The molecule has 7 nitrogen and oxygen atoms in total. The van der Waals surface area contributed by atoms with Crippen LogP contribution in [0.1, 0.15) is 45.5 Å². The fourth-order valence-corrected chi connectivity index (χ4v) is 7.23. The molecule has 8 rings (SSSR count). The molecule has 0 spiro atoms. The normalized spacial score (nSPS) is 20.0. The maximum Gasteiger partial charge on any atom is 0.212 e. The second-order valence-electron chi connectivity index (χ2n) is 11.8. The molecule has 0 aliphatic carbocycles.